The van der Waals surface area contributed by atoms with Crippen molar-refractivity contribution in [3.8, 4) is 0 Å². The van der Waals surface area contributed by atoms with E-state index < -0.39 is 25.7 Å². The van der Waals surface area contributed by atoms with Crippen LogP contribution >= 0.6 is 26.6 Å². The quantitative estimate of drug-likeness (QED) is 0.773. The van der Waals surface area contributed by atoms with Crippen molar-refractivity contribution in [3.05, 3.63) is 28.0 Å². The second-order valence-corrected chi connectivity index (χ2v) is 6.85. The molecule has 0 saturated carbocycles. The summed E-state index contributed by atoms with van der Waals surface area (Å²) >= 11 is 3.00. The maximum Gasteiger partial charge on any atom is 0.264 e. The average molecular weight is 345 g/mol. The van der Waals surface area contributed by atoms with E-state index in [9.17, 15) is 17.6 Å². The summed E-state index contributed by atoms with van der Waals surface area (Å²) in [7, 11) is 3.69. The van der Waals surface area contributed by atoms with Crippen molar-refractivity contribution in [3.63, 3.8) is 0 Å². The van der Waals surface area contributed by atoms with Crippen LogP contribution in [-0.4, -0.2) is 33.3 Å². The Labute approximate surface area is 111 Å². The maximum absolute atomic E-state index is 13.8. The van der Waals surface area contributed by atoms with E-state index in [4.69, 9.17) is 10.7 Å². The number of nitrogens with zero attached hydrogens (tertiary/aromatic N) is 1. The molecule has 0 unspecified atom stereocenters. The molecular formula is C9H8BrClFNO3S. The monoisotopic (exact) mass is 343 g/mol. The van der Waals surface area contributed by atoms with Crippen LogP contribution in [0.5, 0.6) is 0 Å². The van der Waals surface area contributed by atoms with Crippen LogP contribution in [0.1, 0.15) is 10.4 Å². The van der Waals surface area contributed by atoms with Gasteiger partial charge >= 0.3 is 0 Å². The highest BCUT2D eigenvalue weighted by atomic mass is 79.9. The van der Waals surface area contributed by atoms with E-state index in [0.29, 0.717) is 0 Å². The van der Waals surface area contributed by atoms with Crippen LogP contribution in [0.3, 0.4) is 0 Å². The topological polar surface area (TPSA) is 54.5 Å². The molecule has 17 heavy (non-hydrogen) atoms. The largest absolute Gasteiger partial charge is 0.345 e. The number of halogens is 3. The SMILES string of the molecule is CN(C)C(=O)c1cc(Br)cc(S(=O)(=O)Cl)c1F. The minimum atomic E-state index is -4.24. The van der Waals surface area contributed by atoms with Crippen molar-refractivity contribution in [2.45, 2.75) is 4.90 Å². The van der Waals surface area contributed by atoms with Gasteiger partial charge in [-0.05, 0) is 12.1 Å². The Bertz CT molecular complexity index is 574. The fraction of sp³-hybridized carbons (Fsp3) is 0.222. The van der Waals surface area contributed by atoms with Crippen molar-refractivity contribution < 1.29 is 17.6 Å². The van der Waals surface area contributed by atoms with Crippen molar-refractivity contribution in [2.24, 2.45) is 0 Å². The smallest absolute Gasteiger partial charge is 0.264 e. The Morgan fingerprint density at radius 1 is 1.41 bits per heavy atom. The zero-order valence-electron chi connectivity index (χ0n) is 8.87. The first kappa shape index (κ1) is 14.4. The third kappa shape index (κ3) is 3.17. The van der Waals surface area contributed by atoms with Crippen LogP contribution in [0, 0.1) is 5.82 Å². The molecule has 0 bridgehead atoms. The molecule has 0 aliphatic carbocycles. The van der Waals surface area contributed by atoms with Gasteiger partial charge in [0.15, 0.2) is 5.82 Å². The molecule has 1 aromatic rings. The minimum Gasteiger partial charge on any atom is -0.345 e. The molecule has 0 saturated heterocycles. The fourth-order valence-corrected chi connectivity index (χ4v) is 2.68. The lowest BCUT2D eigenvalue weighted by molar-refractivity contribution is 0.0822. The first-order valence-electron chi connectivity index (χ1n) is 4.30. The van der Waals surface area contributed by atoms with Gasteiger partial charge in [-0.25, -0.2) is 12.8 Å². The highest BCUT2D eigenvalue weighted by molar-refractivity contribution is 9.10. The van der Waals surface area contributed by atoms with Crippen LogP contribution in [-0.2, 0) is 9.05 Å². The van der Waals surface area contributed by atoms with Gasteiger partial charge in [-0.2, -0.15) is 0 Å². The molecule has 0 heterocycles. The molecule has 1 aromatic carbocycles. The van der Waals surface area contributed by atoms with E-state index in [1.807, 2.05) is 0 Å². The van der Waals surface area contributed by atoms with Crippen molar-refractivity contribution >= 4 is 41.6 Å². The van der Waals surface area contributed by atoms with Crippen LogP contribution < -0.4 is 0 Å². The molecule has 0 aliphatic heterocycles. The van der Waals surface area contributed by atoms with Crippen molar-refractivity contribution in [1.82, 2.24) is 4.90 Å². The Kier molecular flexibility index (Phi) is 4.16. The number of hydrogen-bond acceptors (Lipinski definition) is 3. The van der Waals surface area contributed by atoms with E-state index in [1.54, 1.807) is 0 Å². The van der Waals surface area contributed by atoms with Gasteiger partial charge in [-0.15, -0.1) is 0 Å². The molecule has 0 N–H and O–H groups in total. The number of rotatable bonds is 2. The zero-order valence-corrected chi connectivity index (χ0v) is 12.0. The van der Waals surface area contributed by atoms with Gasteiger partial charge in [0.25, 0.3) is 15.0 Å². The molecule has 0 aliphatic rings. The summed E-state index contributed by atoms with van der Waals surface area (Å²) in [5, 5.41) is 0. The molecule has 0 atom stereocenters. The standard InChI is InChI=1S/C9H8BrClFNO3S/c1-13(2)9(14)6-3-5(10)4-7(8(6)12)17(11,15)16/h3-4H,1-2H3. The predicted molar refractivity (Wildman–Crippen MR) is 65.2 cm³/mol. The molecule has 0 spiro atoms. The summed E-state index contributed by atoms with van der Waals surface area (Å²) in [5.41, 5.74) is -0.358. The Hall–Kier alpha value is -0.660. The van der Waals surface area contributed by atoms with Crippen molar-refractivity contribution in [1.29, 1.82) is 0 Å². The number of carbonyl (C=O) groups excluding carboxylic acids is 1. The van der Waals surface area contributed by atoms with Gasteiger partial charge < -0.3 is 4.90 Å². The van der Waals surface area contributed by atoms with Gasteiger partial charge in [0, 0.05) is 29.3 Å². The van der Waals surface area contributed by atoms with E-state index in [1.165, 1.54) is 20.2 Å². The second-order valence-electron chi connectivity index (χ2n) is 3.40. The molecular weight excluding hydrogens is 337 g/mol. The van der Waals surface area contributed by atoms with Gasteiger partial charge in [0.05, 0.1) is 5.56 Å². The van der Waals surface area contributed by atoms with Crippen LogP contribution in [0.15, 0.2) is 21.5 Å². The third-order valence-corrected chi connectivity index (χ3v) is 3.68. The van der Waals surface area contributed by atoms with Crippen LogP contribution in [0.2, 0.25) is 0 Å². The molecule has 0 aromatic heterocycles. The first-order chi connectivity index (χ1) is 7.64. The Morgan fingerprint density at radius 3 is 2.35 bits per heavy atom. The lowest BCUT2D eigenvalue weighted by atomic mass is 10.2. The highest BCUT2D eigenvalue weighted by Crippen LogP contribution is 2.27. The number of carbonyl (C=O) groups is 1. The van der Waals surface area contributed by atoms with Crippen LogP contribution in [0.25, 0.3) is 0 Å². The van der Waals surface area contributed by atoms with Crippen molar-refractivity contribution in [2.75, 3.05) is 14.1 Å². The lowest BCUT2D eigenvalue weighted by Crippen LogP contribution is -2.23. The molecule has 8 heteroatoms. The summed E-state index contributed by atoms with van der Waals surface area (Å²) < 4.78 is 36.3. The van der Waals surface area contributed by atoms with E-state index in [-0.39, 0.29) is 10.0 Å². The fourth-order valence-electron chi connectivity index (χ4n) is 1.14. The summed E-state index contributed by atoms with van der Waals surface area (Å²) in [5.74, 6) is -1.80. The summed E-state index contributed by atoms with van der Waals surface area (Å²) in [4.78, 5) is 12.0. The number of amides is 1. The van der Waals surface area contributed by atoms with Gasteiger partial charge in [-0.3, -0.25) is 4.79 Å². The lowest BCUT2D eigenvalue weighted by Gasteiger charge is -2.12. The molecule has 0 radical (unpaired) electrons. The molecule has 0 fully saturated rings. The third-order valence-electron chi connectivity index (χ3n) is 1.90. The minimum absolute atomic E-state index is 0.253. The number of hydrogen-bond donors (Lipinski definition) is 0. The van der Waals surface area contributed by atoms with Crippen LogP contribution in [0.4, 0.5) is 4.39 Å². The second kappa shape index (κ2) is 4.91. The summed E-state index contributed by atoms with van der Waals surface area (Å²) in [6.07, 6.45) is 0. The molecule has 1 rings (SSSR count). The molecule has 1 amide bonds. The van der Waals surface area contributed by atoms with Gasteiger partial charge in [0.1, 0.15) is 4.90 Å². The maximum atomic E-state index is 13.8. The molecule has 4 nitrogen and oxygen atoms in total. The summed E-state index contributed by atoms with van der Waals surface area (Å²) in [6, 6.07) is 2.20. The Morgan fingerprint density at radius 2 is 1.94 bits per heavy atom. The van der Waals surface area contributed by atoms with E-state index in [2.05, 4.69) is 15.9 Å². The number of benzene rings is 1. The predicted octanol–water partition coefficient (Wildman–Crippen LogP) is 2.22. The normalized spacial score (nSPS) is 11.4. The highest BCUT2D eigenvalue weighted by Gasteiger charge is 2.24. The Balaban J connectivity index is 3.56. The molecule has 94 valence electrons. The zero-order chi connectivity index (χ0) is 13.4. The van der Waals surface area contributed by atoms with E-state index in [0.717, 1.165) is 11.0 Å². The first-order valence-corrected chi connectivity index (χ1v) is 7.40. The summed E-state index contributed by atoms with van der Waals surface area (Å²) in [6.45, 7) is 0. The van der Waals surface area contributed by atoms with Gasteiger partial charge in [0.2, 0.25) is 0 Å². The average Bonchev–Trinajstić information content (AvgIpc) is 2.18. The van der Waals surface area contributed by atoms with E-state index >= 15 is 0 Å². The van der Waals surface area contributed by atoms with Gasteiger partial charge in [-0.1, -0.05) is 15.9 Å².